The molecule has 1 heterocycles. The van der Waals surface area contributed by atoms with Crippen LogP contribution < -0.4 is 11.1 Å². The Hall–Kier alpha value is -0.970. The average Bonchev–Trinajstić information content (AvgIpc) is 3.18. The summed E-state index contributed by atoms with van der Waals surface area (Å²) < 4.78 is 0. The van der Waals surface area contributed by atoms with Crippen LogP contribution in [0.25, 0.3) is 0 Å². The van der Waals surface area contributed by atoms with Gasteiger partial charge in [0.25, 0.3) is 0 Å². The molecule has 1 aromatic rings. The van der Waals surface area contributed by atoms with Crippen molar-refractivity contribution in [2.45, 2.75) is 63.2 Å². The maximum atomic E-state index is 6.04. The number of anilines is 2. The van der Waals surface area contributed by atoms with Gasteiger partial charge in [0.2, 0.25) is 0 Å². The fourth-order valence-electron chi connectivity index (χ4n) is 2.87. The quantitative estimate of drug-likeness (QED) is 0.871. The molecular formula is C15H24N4S. The zero-order valence-electron chi connectivity index (χ0n) is 12.4. The van der Waals surface area contributed by atoms with Crippen molar-refractivity contribution in [2.24, 2.45) is 0 Å². The number of nitrogens with zero attached hydrogens (tertiary/aromatic N) is 2. The minimum Gasteiger partial charge on any atom is -0.383 e. The highest BCUT2D eigenvalue weighted by molar-refractivity contribution is 7.99. The van der Waals surface area contributed by atoms with Crippen molar-refractivity contribution in [1.29, 1.82) is 0 Å². The molecule has 0 spiro atoms. The van der Waals surface area contributed by atoms with Crippen molar-refractivity contribution in [2.75, 3.05) is 16.8 Å². The Bertz CT molecular complexity index is 487. The van der Waals surface area contributed by atoms with Crippen LogP contribution in [0.3, 0.4) is 0 Å². The lowest BCUT2D eigenvalue weighted by Gasteiger charge is -2.17. The second-order valence-corrected chi connectivity index (χ2v) is 7.52. The number of nitrogens with one attached hydrogen (secondary N) is 1. The molecule has 3 rings (SSSR count). The molecule has 1 aromatic heterocycles. The second-order valence-electron chi connectivity index (χ2n) is 5.95. The molecule has 0 saturated heterocycles. The van der Waals surface area contributed by atoms with Crippen molar-refractivity contribution in [3.05, 3.63) is 11.4 Å². The zero-order chi connectivity index (χ0) is 14.1. The standard InChI is InChI=1S/C15H24N4S/c1-3-20-12-7-6-11(8-12)17-14-9(2)13(16)18-15(19-14)10-4-5-10/h10-12H,3-8H2,1-2H3,(H3,16,17,18,19). The van der Waals surface area contributed by atoms with Crippen molar-refractivity contribution >= 4 is 23.4 Å². The highest BCUT2D eigenvalue weighted by Crippen LogP contribution is 2.39. The molecule has 0 bridgehead atoms. The summed E-state index contributed by atoms with van der Waals surface area (Å²) in [4.78, 5) is 9.16. The topological polar surface area (TPSA) is 63.8 Å². The molecule has 110 valence electrons. The van der Waals surface area contributed by atoms with Gasteiger partial charge in [0.1, 0.15) is 17.5 Å². The summed E-state index contributed by atoms with van der Waals surface area (Å²) in [6.07, 6.45) is 6.20. The molecule has 20 heavy (non-hydrogen) atoms. The molecule has 2 unspecified atom stereocenters. The van der Waals surface area contributed by atoms with Crippen LogP contribution in [-0.4, -0.2) is 27.0 Å². The van der Waals surface area contributed by atoms with Gasteiger partial charge in [-0.1, -0.05) is 6.92 Å². The predicted molar refractivity (Wildman–Crippen MR) is 86.3 cm³/mol. The van der Waals surface area contributed by atoms with E-state index in [1.54, 1.807) is 0 Å². The van der Waals surface area contributed by atoms with E-state index in [4.69, 9.17) is 10.7 Å². The van der Waals surface area contributed by atoms with Crippen LogP contribution in [0.5, 0.6) is 0 Å². The zero-order valence-corrected chi connectivity index (χ0v) is 13.2. The van der Waals surface area contributed by atoms with Gasteiger partial charge in [-0.15, -0.1) is 0 Å². The summed E-state index contributed by atoms with van der Waals surface area (Å²) >= 11 is 2.08. The molecule has 3 N–H and O–H groups in total. The number of aromatic nitrogens is 2. The molecule has 2 aliphatic rings. The number of hydrogen-bond donors (Lipinski definition) is 2. The molecule has 0 aliphatic heterocycles. The lowest BCUT2D eigenvalue weighted by Crippen LogP contribution is -2.19. The third-order valence-electron chi connectivity index (χ3n) is 4.27. The summed E-state index contributed by atoms with van der Waals surface area (Å²) in [5.74, 6) is 4.30. The monoisotopic (exact) mass is 292 g/mol. The summed E-state index contributed by atoms with van der Waals surface area (Å²) in [6.45, 7) is 4.25. The highest BCUT2D eigenvalue weighted by atomic mass is 32.2. The van der Waals surface area contributed by atoms with Gasteiger partial charge in [0.05, 0.1) is 0 Å². The Balaban J connectivity index is 1.70. The molecule has 2 aliphatic carbocycles. The van der Waals surface area contributed by atoms with E-state index in [0.717, 1.165) is 22.5 Å². The van der Waals surface area contributed by atoms with Crippen molar-refractivity contribution in [3.63, 3.8) is 0 Å². The van der Waals surface area contributed by atoms with Gasteiger partial charge in [-0.2, -0.15) is 11.8 Å². The van der Waals surface area contributed by atoms with E-state index in [2.05, 4.69) is 29.0 Å². The van der Waals surface area contributed by atoms with E-state index in [1.807, 2.05) is 6.92 Å². The van der Waals surface area contributed by atoms with Crippen LogP contribution in [0, 0.1) is 6.92 Å². The number of rotatable bonds is 5. The van der Waals surface area contributed by atoms with Crippen LogP contribution in [0.4, 0.5) is 11.6 Å². The fourth-order valence-corrected chi connectivity index (χ4v) is 4.01. The molecule has 4 nitrogen and oxygen atoms in total. The van der Waals surface area contributed by atoms with E-state index in [0.29, 0.717) is 17.8 Å². The first-order valence-electron chi connectivity index (χ1n) is 7.69. The Morgan fingerprint density at radius 3 is 2.75 bits per heavy atom. The number of nitrogens with two attached hydrogens (primary N) is 1. The minimum atomic E-state index is 0.541. The van der Waals surface area contributed by atoms with Crippen molar-refractivity contribution in [3.8, 4) is 0 Å². The van der Waals surface area contributed by atoms with Gasteiger partial charge >= 0.3 is 0 Å². The Morgan fingerprint density at radius 1 is 1.25 bits per heavy atom. The van der Waals surface area contributed by atoms with Crippen LogP contribution in [0.15, 0.2) is 0 Å². The molecule has 0 amide bonds. The molecule has 2 fully saturated rings. The molecule has 2 saturated carbocycles. The third kappa shape index (κ3) is 3.03. The van der Waals surface area contributed by atoms with Gasteiger partial charge in [0.15, 0.2) is 0 Å². The van der Waals surface area contributed by atoms with Gasteiger partial charge in [0, 0.05) is 22.8 Å². The first-order chi connectivity index (χ1) is 9.67. The number of thioether (sulfide) groups is 1. The van der Waals surface area contributed by atoms with Gasteiger partial charge < -0.3 is 11.1 Å². The maximum Gasteiger partial charge on any atom is 0.136 e. The summed E-state index contributed by atoms with van der Waals surface area (Å²) in [6, 6.07) is 0.541. The van der Waals surface area contributed by atoms with Crippen molar-refractivity contribution in [1.82, 2.24) is 9.97 Å². The Morgan fingerprint density at radius 2 is 2.05 bits per heavy atom. The predicted octanol–water partition coefficient (Wildman–Crippen LogP) is 3.33. The second kappa shape index (κ2) is 5.80. The molecular weight excluding hydrogens is 268 g/mol. The first kappa shape index (κ1) is 14.0. The van der Waals surface area contributed by atoms with E-state index in [1.165, 1.54) is 37.9 Å². The molecule has 2 atom stereocenters. The van der Waals surface area contributed by atoms with E-state index >= 15 is 0 Å². The van der Waals surface area contributed by atoms with Gasteiger partial charge in [-0.25, -0.2) is 9.97 Å². The fraction of sp³-hybridized carbons (Fsp3) is 0.733. The molecule has 0 radical (unpaired) electrons. The van der Waals surface area contributed by atoms with Crippen LogP contribution >= 0.6 is 11.8 Å². The van der Waals surface area contributed by atoms with Crippen LogP contribution in [0.1, 0.15) is 56.3 Å². The first-order valence-corrected chi connectivity index (χ1v) is 8.74. The molecule has 5 heteroatoms. The Labute approximate surface area is 125 Å². The third-order valence-corrected chi connectivity index (χ3v) is 5.50. The van der Waals surface area contributed by atoms with E-state index < -0.39 is 0 Å². The number of hydrogen-bond acceptors (Lipinski definition) is 5. The lowest BCUT2D eigenvalue weighted by atomic mass is 10.2. The minimum absolute atomic E-state index is 0.541. The summed E-state index contributed by atoms with van der Waals surface area (Å²) in [5, 5.41) is 4.42. The Kier molecular flexibility index (Phi) is 4.06. The highest BCUT2D eigenvalue weighted by Gasteiger charge is 2.29. The van der Waals surface area contributed by atoms with Crippen LogP contribution in [-0.2, 0) is 0 Å². The average molecular weight is 292 g/mol. The normalized spacial score (nSPS) is 25.9. The van der Waals surface area contributed by atoms with Crippen LogP contribution in [0.2, 0.25) is 0 Å². The smallest absolute Gasteiger partial charge is 0.136 e. The number of nitrogen functional groups attached to an aromatic ring is 1. The van der Waals surface area contributed by atoms with E-state index in [-0.39, 0.29) is 0 Å². The van der Waals surface area contributed by atoms with Gasteiger partial charge in [-0.05, 0) is 44.8 Å². The lowest BCUT2D eigenvalue weighted by molar-refractivity contribution is 0.746. The summed E-state index contributed by atoms with van der Waals surface area (Å²) in [5.41, 5.74) is 7.04. The van der Waals surface area contributed by atoms with Gasteiger partial charge in [-0.3, -0.25) is 0 Å². The largest absolute Gasteiger partial charge is 0.383 e. The SMILES string of the molecule is CCSC1CCC(Nc2nc(C3CC3)nc(N)c2C)C1. The molecule has 0 aromatic carbocycles. The van der Waals surface area contributed by atoms with Crippen molar-refractivity contribution < 1.29 is 0 Å². The van der Waals surface area contributed by atoms with E-state index in [9.17, 15) is 0 Å². The maximum absolute atomic E-state index is 6.04. The summed E-state index contributed by atoms with van der Waals surface area (Å²) in [7, 11) is 0.